The fraction of sp³-hybridized carbons (Fsp3) is 0.568. The zero-order valence-electron chi connectivity index (χ0n) is 62.6. The lowest BCUT2D eigenvalue weighted by atomic mass is 10.0. The molecule has 9 nitrogen and oxygen atoms in total. The molecule has 2 unspecified atom stereocenters. The van der Waals surface area contributed by atoms with Crippen LogP contribution in [0.1, 0.15) is 271 Å². The molecule has 0 saturated heterocycles. The first-order valence-electron chi connectivity index (χ1n) is 38.4. The quantitative estimate of drug-likeness (QED) is 0.0195. The maximum Gasteiger partial charge on any atom is 0.306 e. The Kier molecular flexibility index (Phi) is 71.2. The molecule has 0 saturated carbocycles. The molecule has 0 heterocycles. The topological polar surface area (TPSA) is 111 Å². The van der Waals surface area contributed by atoms with Gasteiger partial charge in [-0.15, -0.1) is 0 Å². The summed E-state index contributed by atoms with van der Waals surface area (Å²) in [6.45, 7) is 3.95. The number of allylic oxidation sites excluding steroid dienone is 36. The van der Waals surface area contributed by atoms with Gasteiger partial charge in [-0.2, -0.15) is 0 Å². The standard InChI is InChI=1S/C88H140NO8P/c1-6-8-10-12-14-16-18-20-22-24-26-28-30-32-34-36-38-40-42-43-44-45-47-49-51-53-55-57-59-61-63-65-67-69-71-73-75-77-79-81-88(91)97-86(85-96-98(92,93)95-83-82-89(3,4)5)84-94-87(90)80-78-76-74-72-70-68-66-64-62-60-58-56-54-52-50-48-46-41-39-37-35-33-31-29-27-25-23-21-19-17-15-13-11-9-7-2/h8-11,14-17,20-23,26-29,32-35,38-41,43-44,47,49,53,55,59,61,65,67,71,73,86H,6-7,12-13,18-19,24-25,30-31,36-37,42,45-46,48,50-52,54,56-58,60,62-64,66,68-70,72,74-85H2,1-5H3/b10-8-,11-9-,16-14-,17-15-,22-20-,23-21-,28-26-,29-27-,34-32-,35-33-,40-38-,41-39-,44-43-,49-47-,55-53-,61-59-,67-65-,73-71-. The molecule has 0 aromatic rings. The van der Waals surface area contributed by atoms with Crippen LogP contribution in [0.25, 0.3) is 0 Å². The Morgan fingerprint density at radius 2 is 0.551 bits per heavy atom. The summed E-state index contributed by atoms with van der Waals surface area (Å²) in [4.78, 5) is 38.1. The van der Waals surface area contributed by atoms with Gasteiger partial charge in [-0.1, -0.05) is 322 Å². The first-order valence-corrected chi connectivity index (χ1v) is 39.9. The van der Waals surface area contributed by atoms with E-state index in [1.54, 1.807) is 0 Å². The van der Waals surface area contributed by atoms with Gasteiger partial charge in [0.15, 0.2) is 6.10 Å². The number of carbonyl (C=O) groups is 2. The molecule has 10 heteroatoms. The van der Waals surface area contributed by atoms with Gasteiger partial charge in [0.25, 0.3) is 7.82 Å². The van der Waals surface area contributed by atoms with E-state index in [1.807, 2.05) is 21.1 Å². The summed E-state index contributed by atoms with van der Waals surface area (Å²) < 4.78 is 34.3. The molecular formula is C88H140NO8P. The Labute approximate surface area is 601 Å². The van der Waals surface area contributed by atoms with Crippen LogP contribution in [0.5, 0.6) is 0 Å². The molecule has 0 bridgehead atoms. The zero-order chi connectivity index (χ0) is 71.1. The molecule has 0 aromatic carbocycles. The van der Waals surface area contributed by atoms with Crippen LogP contribution in [0.3, 0.4) is 0 Å². The fourth-order valence-corrected chi connectivity index (χ4v) is 10.4. The highest BCUT2D eigenvalue weighted by atomic mass is 31.2. The van der Waals surface area contributed by atoms with Crippen molar-refractivity contribution in [1.29, 1.82) is 0 Å². The van der Waals surface area contributed by atoms with Gasteiger partial charge in [-0.25, -0.2) is 0 Å². The predicted octanol–water partition coefficient (Wildman–Crippen LogP) is 25.3. The molecule has 0 spiro atoms. The summed E-state index contributed by atoms with van der Waals surface area (Å²) in [6, 6.07) is 0. The van der Waals surface area contributed by atoms with E-state index in [9.17, 15) is 19.0 Å². The Balaban J connectivity index is 4.16. The molecule has 550 valence electrons. The van der Waals surface area contributed by atoms with Gasteiger partial charge in [-0.05, 0) is 154 Å². The van der Waals surface area contributed by atoms with Crippen LogP contribution in [-0.2, 0) is 32.7 Å². The Hall–Kier alpha value is -5.67. The average molecular weight is 1370 g/mol. The number of likely N-dealkylation sites (N-methyl/N-ethyl adjacent to an activating group) is 1. The normalized spacial score (nSPS) is 14.3. The van der Waals surface area contributed by atoms with Crippen molar-refractivity contribution in [2.45, 2.75) is 277 Å². The molecular weight excluding hydrogens is 1230 g/mol. The zero-order valence-corrected chi connectivity index (χ0v) is 63.5. The summed E-state index contributed by atoms with van der Waals surface area (Å²) in [5.74, 6) is -0.896. The van der Waals surface area contributed by atoms with E-state index in [1.165, 1.54) is 83.5 Å². The van der Waals surface area contributed by atoms with Crippen molar-refractivity contribution in [2.24, 2.45) is 0 Å². The minimum Gasteiger partial charge on any atom is -0.756 e. The first-order chi connectivity index (χ1) is 48.0. The number of unbranched alkanes of at least 4 members (excludes halogenated alkanes) is 18. The summed E-state index contributed by atoms with van der Waals surface area (Å²) in [7, 11) is 1.11. The van der Waals surface area contributed by atoms with Gasteiger partial charge in [0.1, 0.15) is 19.8 Å². The van der Waals surface area contributed by atoms with E-state index >= 15 is 0 Å². The molecule has 0 fully saturated rings. The van der Waals surface area contributed by atoms with Gasteiger partial charge in [-0.3, -0.25) is 14.2 Å². The lowest BCUT2D eigenvalue weighted by Gasteiger charge is -2.28. The highest BCUT2D eigenvalue weighted by molar-refractivity contribution is 7.45. The smallest absolute Gasteiger partial charge is 0.306 e. The number of hydrogen-bond donors (Lipinski definition) is 0. The second kappa shape index (κ2) is 75.5. The maximum absolute atomic E-state index is 12.9. The van der Waals surface area contributed by atoms with E-state index in [4.69, 9.17) is 18.5 Å². The third-order valence-electron chi connectivity index (χ3n) is 15.5. The van der Waals surface area contributed by atoms with Crippen molar-refractivity contribution in [3.63, 3.8) is 0 Å². The van der Waals surface area contributed by atoms with Crippen LogP contribution in [0, 0.1) is 0 Å². The van der Waals surface area contributed by atoms with Crippen molar-refractivity contribution in [1.82, 2.24) is 0 Å². The third kappa shape index (κ3) is 79.3. The van der Waals surface area contributed by atoms with Crippen molar-refractivity contribution in [3.8, 4) is 0 Å². The van der Waals surface area contributed by atoms with Crippen LogP contribution in [-0.4, -0.2) is 70.0 Å². The van der Waals surface area contributed by atoms with Gasteiger partial charge < -0.3 is 27.9 Å². The molecule has 0 aliphatic rings. The number of phosphoric acid groups is 1. The minimum absolute atomic E-state index is 0.0502. The van der Waals surface area contributed by atoms with Gasteiger partial charge in [0.05, 0.1) is 27.7 Å². The SMILES string of the molecule is CC/C=C\C/C=C\C/C=C\C/C=C\C/C=C\C/C=C\C/C=C\C/C=C\C/C=C\C/C=C\C/C=C\C/C=C\CCCCC(=O)OC(COC(=O)CCCCCCCCCCCCCCCCCC/C=C\C/C=C\C/C=C\C/C=C\C/C=C\C/C=C\CC)COP(=O)([O-])OCC[N+](C)(C)C. The van der Waals surface area contributed by atoms with Crippen molar-refractivity contribution in [2.75, 3.05) is 47.5 Å². The van der Waals surface area contributed by atoms with E-state index in [0.29, 0.717) is 23.9 Å². The largest absolute Gasteiger partial charge is 0.756 e. The molecule has 0 radical (unpaired) electrons. The molecule has 0 amide bonds. The van der Waals surface area contributed by atoms with E-state index in [-0.39, 0.29) is 26.1 Å². The lowest BCUT2D eigenvalue weighted by Crippen LogP contribution is -2.37. The predicted molar refractivity (Wildman–Crippen MR) is 424 cm³/mol. The maximum atomic E-state index is 12.9. The number of nitrogens with zero attached hydrogens (tertiary/aromatic N) is 1. The average Bonchev–Trinajstić information content (AvgIpc) is 1.23. The summed E-state index contributed by atoms with van der Waals surface area (Å²) in [5.41, 5.74) is 0. The van der Waals surface area contributed by atoms with Crippen molar-refractivity contribution >= 4 is 19.8 Å². The summed E-state index contributed by atoms with van der Waals surface area (Å²) >= 11 is 0. The number of rotatable bonds is 68. The van der Waals surface area contributed by atoms with Crippen LogP contribution in [0.4, 0.5) is 0 Å². The number of carbonyl (C=O) groups excluding carboxylic acids is 2. The molecule has 0 N–H and O–H groups in total. The first kappa shape index (κ1) is 92.3. The molecule has 0 rings (SSSR count). The highest BCUT2D eigenvalue weighted by Crippen LogP contribution is 2.38. The van der Waals surface area contributed by atoms with Crippen LogP contribution >= 0.6 is 7.82 Å². The second-order valence-electron chi connectivity index (χ2n) is 25.9. The van der Waals surface area contributed by atoms with Crippen molar-refractivity contribution in [3.05, 3.63) is 219 Å². The van der Waals surface area contributed by atoms with Crippen LogP contribution in [0.2, 0.25) is 0 Å². The van der Waals surface area contributed by atoms with E-state index in [2.05, 4.69) is 233 Å². The lowest BCUT2D eigenvalue weighted by molar-refractivity contribution is -0.870. The Morgan fingerprint density at radius 1 is 0.316 bits per heavy atom. The van der Waals surface area contributed by atoms with Gasteiger partial charge >= 0.3 is 11.9 Å². The van der Waals surface area contributed by atoms with Crippen molar-refractivity contribution < 1.29 is 42.1 Å². The van der Waals surface area contributed by atoms with Crippen LogP contribution in [0.15, 0.2) is 219 Å². The van der Waals surface area contributed by atoms with Gasteiger partial charge in [0.2, 0.25) is 0 Å². The minimum atomic E-state index is -4.67. The number of quaternary nitrogens is 1. The second-order valence-corrected chi connectivity index (χ2v) is 27.3. The summed E-state index contributed by atoms with van der Waals surface area (Å²) in [5, 5.41) is 0. The molecule has 0 aromatic heterocycles. The Morgan fingerprint density at radius 3 is 0.837 bits per heavy atom. The Bertz CT molecular complexity index is 2460. The van der Waals surface area contributed by atoms with Crippen LogP contribution < -0.4 is 4.89 Å². The number of esters is 2. The monoisotopic (exact) mass is 1370 g/mol. The highest BCUT2D eigenvalue weighted by Gasteiger charge is 2.22. The van der Waals surface area contributed by atoms with Gasteiger partial charge in [0, 0.05) is 12.8 Å². The number of hydrogen-bond acceptors (Lipinski definition) is 8. The number of ether oxygens (including phenoxy) is 2. The number of phosphoric ester groups is 1. The van der Waals surface area contributed by atoms with E-state index in [0.717, 1.165) is 148 Å². The molecule has 98 heavy (non-hydrogen) atoms. The third-order valence-corrected chi connectivity index (χ3v) is 16.5. The fourth-order valence-electron chi connectivity index (χ4n) is 9.70. The summed E-state index contributed by atoms with van der Waals surface area (Å²) in [6.07, 6.45) is 120. The molecule has 0 aliphatic carbocycles. The molecule has 2 atom stereocenters. The molecule has 0 aliphatic heterocycles. The van der Waals surface area contributed by atoms with E-state index < -0.39 is 32.5 Å².